The van der Waals surface area contributed by atoms with Gasteiger partial charge in [-0.15, -0.1) is 0 Å². The summed E-state index contributed by atoms with van der Waals surface area (Å²) in [6.07, 6.45) is -3.53. The molecule has 36 heavy (non-hydrogen) atoms. The number of carbonyl (C=O) groups is 2. The van der Waals surface area contributed by atoms with E-state index in [1.165, 1.54) is 15.9 Å². The molecule has 0 radical (unpaired) electrons. The number of alkyl halides is 3. The van der Waals surface area contributed by atoms with E-state index in [0.717, 1.165) is 12.1 Å². The number of aryl methyl sites for hydroxylation is 1. The second-order valence-electron chi connectivity index (χ2n) is 8.95. The molecule has 0 unspecified atom stereocenters. The molecule has 0 saturated carbocycles. The van der Waals surface area contributed by atoms with Gasteiger partial charge in [0.15, 0.2) is 11.5 Å². The molecule has 2 amide bonds. The Labute approximate surface area is 205 Å². The van der Waals surface area contributed by atoms with Gasteiger partial charge >= 0.3 is 6.18 Å². The Morgan fingerprint density at radius 1 is 1.17 bits per heavy atom. The van der Waals surface area contributed by atoms with E-state index in [2.05, 4.69) is 20.3 Å². The number of anilines is 3. The van der Waals surface area contributed by atoms with Crippen molar-refractivity contribution in [2.45, 2.75) is 38.9 Å². The molecular formula is C24H26F3N7O2. The lowest BCUT2D eigenvalue weighted by Gasteiger charge is -2.22. The molecule has 1 aliphatic rings. The Kier molecular flexibility index (Phi) is 6.46. The highest BCUT2D eigenvalue weighted by Gasteiger charge is 2.32. The van der Waals surface area contributed by atoms with Crippen molar-refractivity contribution < 1.29 is 22.8 Å². The molecule has 3 N–H and O–H groups in total. The van der Waals surface area contributed by atoms with Crippen molar-refractivity contribution in [3.8, 4) is 0 Å². The lowest BCUT2D eigenvalue weighted by Crippen LogP contribution is -2.30. The van der Waals surface area contributed by atoms with Crippen molar-refractivity contribution in [2.75, 3.05) is 36.6 Å². The minimum atomic E-state index is -4.54. The molecule has 9 nitrogen and oxygen atoms in total. The molecular weight excluding hydrogens is 475 g/mol. The summed E-state index contributed by atoms with van der Waals surface area (Å²) < 4.78 is 39.9. The number of nitrogen functional groups attached to an aromatic ring is 1. The van der Waals surface area contributed by atoms with E-state index in [4.69, 9.17) is 5.73 Å². The highest BCUT2D eigenvalue weighted by Crippen LogP contribution is 2.35. The second-order valence-corrected chi connectivity index (χ2v) is 8.95. The van der Waals surface area contributed by atoms with Gasteiger partial charge in [0.2, 0.25) is 5.91 Å². The summed E-state index contributed by atoms with van der Waals surface area (Å²) in [5.74, 6) is 0.393. The summed E-state index contributed by atoms with van der Waals surface area (Å²) >= 11 is 0. The topological polar surface area (TPSA) is 117 Å². The number of aromatic nitrogens is 3. The number of amides is 2. The average Bonchev–Trinajstić information content (AvgIpc) is 3.22. The van der Waals surface area contributed by atoms with E-state index < -0.39 is 17.8 Å². The van der Waals surface area contributed by atoms with Crippen LogP contribution in [0.3, 0.4) is 0 Å². The maximum Gasteiger partial charge on any atom is 0.416 e. The number of hydrogen-bond acceptors (Lipinski definition) is 7. The van der Waals surface area contributed by atoms with Crippen LogP contribution in [0.2, 0.25) is 0 Å². The number of benzene rings is 1. The summed E-state index contributed by atoms with van der Waals surface area (Å²) in [4.78, 5) is 41.7. The number of carbonyl (C=O) groups excluding carboxylic acids is 2. The van der Waals surface area contributed by atoms with Crippen molar-refractivity contribution >= 4 is 40.2 Å². The largest absolute Gasteiger partial charge is 0.416 e. The zero-order valence-electron chi connectivity index (χ0n) is 20.3. The molecule has 3 heterocycles. The first-order chi connectivity index (χ1) is 16.8. The lowest BCUT2D eigenvalue weighted by atomic mass is 10.0. The van der Waals surface area contributed by atoms with Gasteiger partial charge in [-0.25, -0.2) is 15.0 Å². The molecule has 4 rings (SSSR count). The molecule has 1 fully saturated rings. The lowest BCUT2D eigenvalue weighted by molar-refractivity contribution is -0.137. The molecule has 0 aliphatic carbocycles. The molecule has 0 bridgehead atoms. The number of hydrogen-bond donors (Lipinski definition) is 2. The summed E-state index contributed by atoms with van der Waals surface area (Å²) in [5, 5.41) is 3.52. The number of rotatable bonds is 5. The molecule has 2 aromatic heterocycles. The fourth-order valence-electron chi connectivity index (χ4n) is 4.12. The maximum atomic E-state index is 13.3. The van der Waals surface area contributed by atoms with Crippen LogP contribution >= 0.6 is 0 Å². The van der Waals surface area contributed by atoms with Crippen LogP contribution in [0.15, 0.2) is 24.3 Å². The molecule has 12 heteroatoms. The van der Waals surface area contributed by atoms with E-state index in [1.807, 2.05) is 0 Å². The number of halogens is 3. The van der Waals surface area contributed by atoms with Gasteiger partial charge < -0.3 is 16.0 Å². The maximum absolute atomic E-state index is 13.3. The number of pyridine rings is 1. The SMILES string of the molecule is Cc1nc(N[C@H](C)c2cc(N)cc(C(F)(F)F)c2)c2cc(C(=O)N(C)C)c(N3CCCC3=O)nc2n1. The first-order valence-corrected chi connectivity index (χ1v) is 11.3. The normalized spacial score (nSPS) is 14.9. The van der Waals surface area contributed by atoms with E-state index in [9.17, 15) is 22.8 Å². The fourth-order valence-corrected chi connectivity index (χ4v) is 4.12. The Bertz CT molecular complexity index is 1360. The minimum absolute atomic E-state index is 0.0161. The van der Waals surface area contributed by atoms with Gasteiger partial charge in [0, 0.05) is 32.7 Å². The fraction of sp³-hybridized carbons (Fsp3) is 0.375. The van der Waals surface area contributed by atoms with Gasteiger partial charge in [-0.1, -0.05) is 0 Å². The Hall–Kier alpha value is -3.96. The van der Waals surface area contributed by atoms with Crippen LogP contribution in [-0.2, 0) is 11.0 Å². The average molecular weight is 502 g/mol. The van der Waals surface area contributed by atoms with Crippen molar-refractivity contribution in [1.29, 1.82) is 0 Å². The van der Waals surface area contributed by atoms with Gasteiger partial charge in [0.25, 0.3) is 5.91 Å². The monoisotopic (exact) mass is 501 g/mol. The summed E-state index contributed by atoms with van der Waals surface area (Å²) in [7, 11) is 3.18. The Morgan fingerprint density at radius 3 is 2.50 bits per heavy atom. The highest BCUT2D eigenvalue weighted by atomic mass is 19.4. The summed E-state index contributed by atoms with van der Waals surface area (Å²) in [5.41, 5.74) is 5.63. The predicted octanol–water partition coefficient (Wildman–Crippen LogP) is 3.94. The Morgan fingerprint density at radius 2 is 1.89 bits per heavy atom. The third-order valence-electron chi connectivity index (χ3n) is 5.90. The zero-order chi connectivity index (χ0) is 26.4. The molecule has 0 spiro atoms. The molecule has 1 saturated heterocycles. The van der Waals surface area contributed by atoms with Crippen molar-refractivity contribution in [3.05, 3.63) is 46.8 Å². The number of fused-ring (bicyclic) bond motifs is 1. The van der Waals surface area contributed by atoms with Gasteiger partial charge in [0.05, 0.1) is 22.6 Å². The van der Waals surface area contributed by atoms with Gasteiger partial charge in [-0.2, -0.15) is 13.2 Å². The van der Waals surface area contributed by atoms with E-state index in [0.29, 0.717) is 42.0 Å². The van der Waals surface area contributed by atoms with Crippen LogP contribution in [0.5, 0.6) is 0 Å². The third-order valence-corrected chi connectivity index (χ3v) is 5.90. The standard InChI is InChI=1S/C24H26F3N7O2/c1-12(14-8-15(24(25,26)27)10-16(28)9-14)29-20-17-11-18(23(36)33(3)4)22(34-7-5-6-19(34)35)32-21(17)31-13(2)30-20/h8-12H,5-7,28H2,1-4H3,(H,29,30,31,32)/t12-/m1/s1. The number of nitrogens with two attached hydrogens (primary N) is 1. The molecule has 190 valence electrons. The van der Waals surface area contributed by atoms with Crippen LogP contribution in [0.25, 0.3) is 11.0 Å². The van der Waals surface area contributed by atoms with Gasteiger partial charge in [-0.3, -0.25) is 14.5 Å². The smallest absolute Gasteiger partial charge is 0.399 e. The first-order valence-electron chi connectivity index (χ1n) is 11.3. The number of nitrogens with zero attached hydrogens (tertiary/aromatic N) is 5. The van der Waals surface area contributed by atoms with Gasteiger partial charge in [0.1, 0.15) is 11.6 Å². The zero-order valence-corrected chi connectivity index (χ0v) is 20.3. The molecule has 1 atom stereocenters. The van der Waals surface area contributed by atoms with Crippen LogP contribution in [0.4, 0.5) is 30.5 Å². The highest BCUT2D eigenvalue weighted by molar-refractivity contribution is 6.07. The second kappa shape index (κ2) is 9.25. The van der Waals surface area contributed by atoms with Crippen LogP contribution in [-0.4, -0.2) is 52.3 Å². The van der Waals surface area contributed by atoms with Gasteiger partial charge in [-0.05, 0) is 50.1 Å². The number of nitrogens with one attached hydrogen (secondary N) is 1. The van der Waals surface area contributed by atoms with Crippen LogP contribution < -0.4 is 16.0 Å². The summed E-state index contributed by atoms with van der Waals surface area (Å²) in [6, 6.07) is 4.31. The van der Waals surface area contributed by atoms with Crippen LogP contribution in [0.1, 0.15) is 53.1 Å². The summed E-state index contributed by atoms with van der Waals surface area (Å²) in [6.45, 7) is 3.77. The van der Waals surface area contributed by atoms with Crippen LogP contribution in [0, 0.1) is 6.92 Å². The minimum Gasteiger partial charge on any atom is -0.399 e. The van der Waals surface area contributed by atoms with Crippen molar-refractivity contribution in [1.82, 2.24) is 19.9 Å². The first kappa shape index (κ1) is 25.1. The van der Waals surface area contributed by atoms with E-state index in [-0.39, 0.29) is 34.5 Å². The van der Waals surface area contributed by atoms with E-state index in [1.54, 1.807) is 34.0 Å². The molecule has 1 aliphatic heterocycles. The molecule has 3 aromatic rings. The predicted molar refractivity (Wildman–Crippen MR) is 130 cm³/mol. The van der Waals surface area contributed by atoms with E-state index >= 15 is 0 Å². The third kappa shape index (κ3) is 4.88. The quantitative estimate of drug-likeness (QED) is 0.509. The van der Waals surface area contributed by atoms with Crippen molar-refractivity contribution in [2.24, 2.45) is 0 Å². The van der Waals surface area contributed by atoms with Crippen molar-refractivity contribution in [3.63, 3.8) is 0 Å². The Balaban J connectivity index is 1.82. The molecule has 1 aromatic carbocycles.